The zero-order valence-corrected chi connectivity index (χ0v) is 10.1. The second kappa shape index (κ2) is 6.06. The van der Waals surface area contributed by atoms with Gasteiger partial charge in [0.2, 0.25) is 0 Å². The Morgan fingerprint density at radius 1 is 1.50 bits per heavy atom. The average Bonchev–Trinajstić information content (AvgIpc) is 2.71. The molecule has 1 aromatic heterocycles. The first-order valence-corrected chi connectivity index (χ1v) is 6.26. The molecule has 0 amide bonds. The third-order valence-electron chi connectivity index (χ3n) is 3.34. The fraction of sp³-hybridized carbons (Fsp3) is 0.692. The van der Waals surface area contributed by atoms with E-state index in [0.717, 1.165) is 31.3 Å². The van der Waals surface area contributed by atoms with Gasteiger partial charge in [-0.3, -0.25) is 0 Å². The van der Waals surface area contributed by atoms with E-state index < -0.39 is 0 Å². The fourth-order valence-corrected chi connectivity index (χ4v) is 2.10. The molecule has 3 heteroatoms. The Labute approximate surface area is 97.8 Å². The summed E-state index contributed by atoms with van der Waals surface area (Å²) in [4.78, 5) is 2.43. The maximum Gasteiger partial charge on any atom is 0.117 e. The van der Waals surface area contributed by atoms with Crippen LogP contribution in [-0.4, -0.2) is 31.6 Å². The van der Waals surface area contributed by atoms with E-state index in [1.165, 1.54) is 25.8 Å². The first kappa shape index (κ1) is 11.7. The van der Waals surface area contributed by atoms with Gasteiger partial charge in [-0.1, -0.05) is 6.42 Å². The largest absolute Gasteiger partial charge is 0.468 e. The summed E-state index contributed by atoms with van der Waals surface area (Å²) in [6.07, 6.45) is 6.03. The minimum Gasteiger partial charge on any atom is -0.468 e. The number of nitrogens with one attached hydrogen (secondary N) is 1. The predicted octanol–water partition coefficient (Wildman–Crippen LogP) is 2.10. The van der Waals surface area contributed by atoms with E-state index in [4.69, 9.17) is 4.42 Å². The van der Waals surface area contributed by atoms with Crippen molar-refractivity contribution in [1.29, 1.82) is 0 Å². The van der Waals surface area contributed by atoms with E-state index in [-0.39, 0.29) is 0 Å². The molecule has 0 aromatic carbocycles. The van der Waals surface area contributed by atoms with Crippen molar-refractivity contribution in [3.63, 3.8) is 0 Å². The molecule has 1 aromatic rings. The van der Waals surface area contributed by atoms with E-state index in [0.29, 0.717) is 0 Å². The first-order valence-electron chi connectivity index (χ1n) is 6.26. The van der Waals surface area contributed by atoms with E-state index in [9.17, 15) is 0 Å². The Hall–Kier alpha value is -0.800. The van der Waals surface area contributed by atoms with Gasteiger partial charge in [-0.05, 0) is 37.9 Å². The number of furan rings is 1. The molecular weight excluding hydrogens is 200 g/mol. The van der Waals surface area contributed by atoms with Gasteiger partial charge in [0.15, 0.2) is 0 Å². The summed E-state index contributed by atoms with van der Waals surface area (Å²) < 4.78 is 5.26. The van der Waals surface area contributed by atoms with Gasteiger partial charge in [-0.2, -0.15) is 0 Å². The topological polar surface area (TPSA) is 28.4 Å². The molecule has 1 aliphatic rings. The van der Waals surface area contributed by atoms with Crippen LogP contribution in [0.25, 0.3) is 0 Å². The van der Waals surface area contributed by atoms with E-state index in [2.05, 4.69) is 17.3 Å². The molecule has 0 unspecified atom stereocenters. The van der Waals surface area contributed by atoms with Gasteiger partial charge in [0.25, 0.3) is 0 Å². The number of nitrogens with zero attached hydrogens (tertiary/aromatic N) is 1. The van der Waals surface area contributed by atoms with Crippen LogP contribution in [0.5, 0.6) is 0 Å². The minimum atomic E-state index is 0.838. The lowest BCUT2D eigenvalue weighted by Crippen LogP contribution is -2.34. The lowest BCUT2D eigenvalue weighted by molar-refractivity contribution is 0.205. The molecule has 1 fully saturated rings. The Kier molecular flexibility index (Phi) is 4.43. The highest BCUT2D eigenvalue weighted by atomic mass is 16.3. The summed E-state index contributed by atoms with van der Waals surface area (Å²) in [6.45, 7) is 4.26. The van der Waals surface area contributed by atoms with Crippen molar-refractivity contribution in [3.8, 4) is 0 Å². The number of likely N-dealkylation sites (N-methyl/N-ethyl adjacent to an activating group) is 1. The van der Waals surface area contributed by atoms with Gasteiger partial charge in [0.05, 0.1) is 12.8 Å². The summed E-state index contributed by atoms with van der Waals surface area (Å²) in [5.41, 5.74) is 0. The number of rotatable bonds is 7. The van der Waals surface area contributed by atoms with E-state index in [1.54, 1.807) is 6.26 Å². The summed E-state index contributed by atoms with van der Waals surface area (Å²) in [7, 11) is 2.22. The number of hydrogen-bond acceptors (Lipinski definition) is 3. The Morgan fingerprint density at radius 3 is 3.00 bits per heavy atom. The van der Waals surface area contributed by atoms with Crippen molar-refractivity contribution in [3.05, 3.63) is 24.2 Å². The lowest BCUT2D eigenvalue weighted by atomic mass is 9.85. The van der Waals surface area contributed by atoms with Crippen LogP contribution < -0.4 is 5.32 Å². The van der Waals surface area contributed by atoms with Crippen LogP contribution in [-0.2, 0) is 6.54 Å². The van der Waals surface area contributed by atoms with Crippen LogP contribution in [0.4, 0.5) is 0 Å². The van der Waals surface area contributed by atoms with Crippen molar-refractivity contribution in [1.82, 2.24) is 10.2 Å². The molecule has 0 spiro atoms. The molecule has 90 valence electrons. The quantitative estimate of drug-likeness (QED) is 0.716. The Morgan fingerprint density at radius 2 is 2.38 bits per heavy atom. The van der Waals surface area contributed by atoms with Crippen molar-refractivity contribution in [2.75, 3.05) is 26.7 Å². The van der Waals surface area contributed by atoms with Crippen LogP contribution in [0.15, 0.2) is 22.8 Å². The summed E-state index contributed by atoms with van der Waals surface area (Å²) in [6, 6.07) is 3.94. The molecule has 1 saturated carbocycles. The summed E-state index contributed by atoms with van der Waals surface area (Å²) in [5.74, 6) is 1.98. The maximum absolute atomic E-state index is 5.26. The van der Waals surface area contributed by atoms with Crippen LogP contribution in [0.3, 0.4) is 0 Å². The van der Waals surface area contributed by atoms with E-state index in [1.807, 2.05) is 12.1 Å². The molecule has 0 radical (unpaired) electrons. The molecule has 2 rings (SSSR count). The van der Waals surface area contributed by atoms with Crippen molar-refractivity contribution in [2.45, 2.75) is 25.8 Å². The minimum absolute atomic E-state index is 0.838. The third kappa shape index (κ3) is 3.65. The first-order chi connectivity index (χ1) is 7.84. The summed E-state index contributed by atoms with van der Waals surface area (Å²) >= 11 is 0. The fourth-order valence-electron chi connectivity index (χ4n) is 2.10. The van der Waals surface area contributed by atoms with E-state index >= 15 is 0 Å². The van der Waals surface area contributed by atoms with Crippen LogP contribution in [0.1, 0.15) is 25.0 Å². The second-order valence-corrected chi connectivity index (χ2v) is 4.82. The molecule has 0 bridgehead atoms. The highest BCUT2D eigenvalue weighted by Crippen LogP contribution is 2.26. The van der Waals surface area contributed by atoms with Crippen LogP contribution in [0.2, 0.25) is 0 Å². The van der Waals surface area contributed by atoms with Crippen molar-refractivity contribution >= 4 is 0 Å². The van der Waals surface area contributed by atoms with Crippen molar-refractivity contribution in [2.24, 2.45) is 5.92 Å². The average molecular weight is 222 g/mol. The molecule has 0 aliphatic heterocycles. The highest BCUT2D eigenvalue weighted by molar-refractivity contribution is 4.97. The molecule has 16 heavy (non-hydrogen) atoms. The molecule has 1 aliphatic carbocycles. The second-order valence-electron chi connectivity index (χ2n) is 4.82. The molecule has 3 nitrogen and oxygen atoms in total. The Bertz CT molecular complexity index is 280. The standard InChI is InChI=1S/C13H22N2O/c1-15(11-12-4-2-5-12)8-7-14-10-13-6-3-9-16-13/h3,6,9,12,14H,2,4-5,7-8,10-11H2,1H3. The molecule has 0 atom stereocenters. The molecule has 1 N–H and O–H groups in total. The van der Waals surface area contributed by atoms with Crippen molar-refractivity contribution < 1.29 is 4.42 Å². The third-order valence-corrected chi connectivity index (χ3v) is 3.34. The smallest absolute Gasteiger partial charge is 0.117 e. The SMILES string of the molecule is CN(CCNCc1ccco1)CC1CCC1. The van der Waals surface area contributed by atoms with Crippen LogP contribution >= 0.6 is 0 Å². The maximum atomic E-state index is 5.26. The zero-order chi connectivity index (χ0) is 11.2. The normalized spacial score (nSPS) is 16.6. The lowest BCUT2D eigenvalue weighted by Gasteiger charge is -2.30. The van der Waals surface area contributed by atoms with Gasteiger partial charge in [-0.25, -0.2) is 0 Å². The zero-order valence-electron chi connectivity index (χ0n) is 10.1. The predicted molar refractivity (Wildman–Crippen MR) is 65.3 cm³/mol. The van der Waals surface area contributed by atoms with Gasteiger partial charge in [0.1, 0.15) is 5.76 Å². The van der Waals surface area contributed by atoms with Gasteiger partial charge in [-0.15, -0.1) is 0 Å². The monoisotopic (exact) mass is 222 g/mol. The van der Waals surface area contributed by atoms with Gasteiger partial charge >= 0.3 is 0 Å². The van der Waals surface area contributed by atoms with Crippen LogP contribution in [0, 0.1) is 5.92 Å². The summed E-state index contributed by atoms with van der Waals surface area (Å²) in [5, 5.41) is 3.39. The highest BCUT2D eigenvalue weighted by Gasteiger charge is 2.18. The molecular formula is C13H22N2O. The van der Waals surface area contributed by atoms with Gasteiger partial charge in [0, 0.05) is 19.6 Å². The Balaban J connectivity index is 1.50. The van der Waals surface area contributed by atoms with Gasteiger partial charge < -0.3 is 14.6 Å². The molecule has 1 heterocycles. The number of hydrogen-bond donors (Lipinski definition) is 1. The molecule has 0 saturated heterocycles.